The van der Waals surface area contributed by atoms with E-state index in [4.69, 9.17) is 16.3 Å². The van der Waals surface area contributed by atoms with E-state index in [1.807, 2.05) is 18.2 Å². The van der Waals surface area contributed by atoms with Crippen LogP contribution in [-0.4, -0.2) is 6.61 Å². The Balaban J connectivity index is 2.08. The topological polar surface area (TPSA) is 9.23 Å². The maximum Gasteiger partial charge on any atom is 0.127 e. The van der Waals surface area contributed by atoms with Crippen LogP contribution in [0.5, 0.6) is 5.75 Å². The Labute approximate surface area is 148 Å². The van der Waals surface area contributed by atoms with E-state index < -0.39 is 0 Å². The van der Waals surface area contributed by atoms with Crippen molar-refractivity contribution in [1.82, 2.24) is 0 Å². The van der Waals surface area contributed by atoms with Gasteiger partial charge in [-0.3, -0.25) is 0 Å². The standard InChI is InChI=1S/C15H10Br3ClO/c16-10-3-9(4-11(17)6-10)14(18)13-7-12(19)5-8-1-2-20-15(8)13/h3-7,14H,1-2H2. The molecule has 0 saturated heterocycles. The van der Waals surface area contributed by atoms with Crippen molar-refractivity contribution < 1.29 is 4.74 Å². The molecule has 3 rings (SSSR count). The molecule has 104 valence electrons. The molecule has 1 heterocycles. The van der Waals surface area contributed by atoms with Gasteiger partial charge >= 0.3 is 0 Å². The maximum atomic E-state index is 6.23. The molecule has 2 aromatic carbocycles. The first kappa shape index (κ1) is 14.9. The van der Waals surface area contributed by atoms with Gasteiger partial charge < -0.3 is 4.74 Å². The molecule has 1 unspecified atom stereocenters. The molecule has 1 aliphatic rings. The van der Waals surface area contributed by atoms with Gasteiger partial charge in [0.15, 0.2) is 0 Å². The van der Waals surface area contributed by atoms with Crippen LogP contribution in [0.3, 0.4) is 0 Å². The molecule has 1 aliphatic heterocycles. The number of fused-ring (bicyclic) bond motifs is 1. The van der Waals surface area contributed by atoms with E-state index in [1.165, 1.54) is 5.56 Å². The lowest BCUT2D eigenvalue weighted by molar-refractivity contribution is 0.354. The predicted molar refractivity (Wildman–Crippen MR) is 93.3 cm³/mol. The van der Waals surface area contributed by atoms with Crippen molar-refractivity contribution in [3.8, 4) is 5.75 Å². The van der Waals surface area contributed by atoms with Crippen LogP contribution in [0, 0.1) is 0 Å². The molecule has 0 amide bonds. The van der Waals surface area contributed by atoms with E-state index in [9.17, 15) is 0 Å². The molecule has 5 heteroatoms. The quantitative estimate of drug-likeness (QED) is 0.459. The molecule has 0 saturated carbocycles. The molecule has 0 fully saturated rings. The summed E-state index contributed by atoms with van der Waals surface area (Å²) in [5.74, 6) is 0.965. The lowest BCUT2D eigenvalue weighted by Crippen LogP contribution is -1.97. The lowest BCUT2D eigenvalue weighted by Gasteiger charge is -2.16. The van der Waals surface area contributed by atoms with Crippen LogP contribution in [0.1, 0.15) is 21.5 Å². The summed E-state index contributed by atoms with van der Waals surface area (Å²) in [6.07, 6.45) is 0.921. The summed E-state index contributed by atoms with van der Waals surface area (Å²) in [6, 6.07) is 10.2. The van der Waals surface area contributed by atoms with E-state index in [2.05, 4.69) is 59.9 Å². The second-order valence-corrected chi connectivity index (χ2v) is 7.83. The zero-order valence-corrected chi connectivity index (χ0v) is 15.8. The first-order valence-electron chi connectivity index (χ1n) is 6.10. The lowest BCUT2D eigenvalue weighted by atomic mass is 10.0. The third kappa shape index (κ3) is 2.94. The van der Waals surface area contributed by atoms with Gasteiger partial charge in [0.05, 0.1) is 11.4 Å². The Morgan fingerprint density at radius 3 is 2.45 bits per heavy atom. The number of alkyl halides is 1. The number of hydrogen-bond acceptors (Lipinski definition) is 1. The normalized spacial score (nSPS) is 14.8. The van der Waals surface area contributed by atoms with Gasteiger partial charge in [0.2, 0.25) is 0 Å². The Bertz CT molecular complexity index is 652. The highest BCUT2D eigenvalue weighted by Crippen LogP contribution is 2.43. The van der Waals surface area contributed by atoms with Gasteiger partial charge in [-0.25, -0.2) is 0 Å². The predicted octanol–water partition coefficient (Wildman–Crippen LogP) is 6.28. The van der Waals surface area contributed by atoms with Crippen LogP contribution in [0.2, 0.25) is 5.02 Å². The van der Waals surface area contributed by atoms with Crippen LogP contribution in [0.25, 0.3) is 0 Å². The molecule has 1 atom stereocenters. The van der Waals surface area contributed by atoms with E-state index in [1.54, 1.807) is 0 Å². The van der Waals surface area contributed by atoms with Gasteiger partial charge in [-0.2, -0.15) is 0 Å². The fourth-order valence-electron chi connectivity index (χ4n) is 2.39. The van der Waals surface area contributed by atoms with E-state index >= 15 is 0 Å². The molecular formula is C15H10Br3ClO. The van der Waals surface area contributed by atoms with Gasteiger partial charge in [-0.05, 0) is 41.5 Å². The number of benzene rings is 2. The van der Waals surface area contributed by atoms with Gasteiger partial charge in [-0.15, -0.1) is 0 Å². The average Bonchev–Trinajstić information content (AvgIpc) is 2.83. The molecule has 0 bridgehead atoms. The van der Waals surface area contributed by atoms with Gasteiger partial charge in [0.25, 0.3) is 0 Å². The summed E-state index contributed by atoms with van der Waals surface area (Å²) in [6.45, 7) is 0.727. The fourth-order valence-corrected chi connectivity index (χ4v) is 4.57. The summed E-state index contributed by atoms with van der Waals surface area (Å²) in [5.41, 5.74) is 3.41. The summed E-state index contributed by atoms with van der Waals surface area (Å²) < 4.78 is 7.84. The summed E-state index contributed by atoms with van der Waals surface area (Å²) in [7, 11) is 0. The molecule has 20 heavy (non-hydrogen) atoms. The van der Waals surface area contributed by atoms with Crippen LogP contribution >= 0.6 is 59.4 Å². The van der Waals surface area contributed by atoms with Crippen molar-refractivity contribution in [2.45, 2.75) is 11.2 Å². The molecule has 0 radical (unpaired) electrons. The van der Waals surface area contributed by atoms with Gasteiger partial charge in [-0.1, -0.05) is 59.4 Å². The van der Waals surface area contributed by atoms with Crippen molar-refractivity contribution in [3.63, 3.8) is 0 Å². The van der Waals surface area contributed by atoms with Crippen LogP contribution in [0.4, 0.5) is 0 Å². The molecule has 0 N–H and O–H groups in total. The largest absolute Gasteiger partial charge is 0.493 e. The van der Waals surface area contributed by atoms with E-state index in [-0.39, 0.29) is 4.83 Å². The second kappa shape index (κ2) is 5.99. The molecule has 1 nitrogen and oxygen atoms in total. The van der Waals surface area contributed by atoms with Crippen molar-refractivity contribution >= 4 is 59.4 Å². The zero-order valence-electron chi connectivity index (χ0n) is 10.3. The monoisotopic (exact) mass is 478 g/mol. The molecular weight excluding hydrogens is 471 g/mol. The van der Waals surface area contributed by atoms with Crippen molar-refractivity contribution in [2.75, 3.05) is 6.61 Å². The smallest absolute Gasteiger partial charge is 0.127 e. The van der Waals surface area contributed by atoms with E-state index in [0.29, 0.717) is 0 Å². The highest BCUT2D eigenvalue weighted by atomic mass is 79.9. The third-order valence-corrected chi connectivity index (χ3v) is 5.38. The molecule has 0 spiro atoms. The van der Waals surface area contributed by atoms with E-state index in [0.717, 1.165) is 43.9 Å². The van der Waals surface area contributed by atoms with Crippen molar-refractivity contribution in [1.29, 1.82) is 0 Å². The Morgan fingerprint density at radius 1 is 1.05 bits per heavy atom. The zero-order chi connectivity index (χ0) is 14.3. The SMILES string of the molecule is Clc1cc2c(c(C(Br)c3cc(Br)cc(Br)c3)c1)OCC2. The van der Waals surface area contributed by atoms with Crippen molar-refractivity contribution in [3.05, 3.63) is 61.0 Å². The minimum atomic E-state index is 0.0434. The minimum Gasteiger partial charge on any atom is -0.493 e. The highest BCUT2D eigenvalue weighted by Gasteiger charge is 2.23. The Morgan fingerprint density at radius 2 is 1.75 bits per heavy atom. The van der Waals surface area contributed by atoms with Gasteiger partial charge in [0, 0.05) is 26.0 Å². The fraction of sp³-hybridized carbons (Fsp3) is 0.200. The summed E-state index contributed by atoms with van der Waals surface area (Å²) >= 11 is 17.0. The first-order chi connectivity index (χ1) is 9.54. The first-order valence-corrected chi connectivity index (χ1v) is 8.98. The molecule has 0 aliphatic carbocycles. The maximum absolute atomic E-state index is 6.23. The van der Waals surface area contributed by atoms with Crippen LogP contribution in [-0.2, 0) is 6.42 Å². The average molecular weight is 481 g/mol. The second-order valence-electron chi connectivity index (χ2n) is 4.65. The number of halogens is 4. The van der Waals surface area contributed by atoms with Crippen LogP contribution < -0.4 is 4.74 Å². The summed E-state index contributed by atoms with van der Waals surface area (Å²) in [4.78, 5) is 0.0434. The number of ether oxygens (including phenoxy) is 1. The minimum absolute atomic E-state index is 0.0434. The molecule has 2 aromatic rings. The molecule has 0 aromatic heterocycles. The Kier molecular flexibility index (Phi) is 4.46. The summed E-state index contributed by atoms with van der Waals surface area (Å²) in [5, 5.41) is 0.753. The van der Waals surface area contributed by atoms with Crippen LogP contribution in [0.15, 0.2) is 39.3 Å². The Hall–Kier alpha value is -0.0300. The number of hydrogen-bond donors (Lipinski definition) is 0. The highest BCUT2D eigenvalue weighted by molar-refractivity contribution is 9.11. The number of rotatable bonds is 2. The third-order valence-electron chi connectivity index (χ3n) is 3.23. The van der Waals surface area contributed by atoms with Crippen molar-refractivity contribution in [2.24, 2.45) is 0 Å². The van der Waals surface area contributed by atoms with Gasteiger partial charge in [0.1, 0.15) is 5.75 Å².